The molecule has 9 heteroatoms. The Morgan fingerprint density at radius 2 is 1.96 bits per heavy atom. The summed E-state index contributed by atoms with van der Waals surface area (Å²) in [5.74, 6) is -0.301. The molecule has 0 radical (unpaired) electrons. The number of halogens is 3. The molecule has 3 rings (SSSR count). The zero-order valence-electron chi connectivity index (χ0n) is 14.3. The molecule has 26 heavy (non-hydrogen) atoms. The predicted molar refractivity (Wildman–Crippen MR) is 84.8 cm³/mol. The average Bonchev–Trinajstić information content (AvgIpc) is 2.79. The first-order valence-electron chi connectivity index (χ1n) is 8.34. The highest BCUT2D eigenvalue weighted by atomic mass is 19.4. The molecule has 1 aliphatic heterocycles. The van der Waals surface area contributed by atoms with Gasteiger partial charge in [-0.15, -0.1) is 13.2 Å². The molecule has 1 heterocycles. The number of benzene rings is 1. The van der Waals surface area contributed by atoms with Crippen LogP contribution in [0.2, 0.25) is 0 Å². The number of urea groups is 1. The van der Waals surface area contributed by atoms with Gasteiger partial charge in [-0.1, -0.05) is 13.0 Å². The van der Waals surface area contributed by atoms with Crippen LogP contribution in [0.15, 0.2) is 18.2 Å². The van der Waals surface area contributed by atoms with Crippen molar-refractivity contribution in [3.05, 3.63) is 23.8 Å². The van der Waals surface area contributed by atoms with Gasteiger partial charge in [0.2, 0.25) is 0 Å². The van der Waals surface area contributed by atoms with Gasteiger partial charge in [-0.25, -0.2) is 4.79 Å². The molecule has 0 unspecified atom stereocenters. The molecule has 1 atom stereocenters. The zero-order valence-corrected chi connectivity index (χ0v) is 14.3. The summed E-state index contributed by atoms with van der Waals surface area (Å²) in [6, 6.07) is 3.10. The monoisotopic (exact) mass is 372 g/mol. The Morgan fingerprint density at radius 3 is 2.54 bits per heavy atom. The number of ether oxygens (including phenoxy) is 2. The molecule has 2 fully saturated rings. The summed E-state index contributed by atoms with van der Waals surface area (Å²) in [6.07, 6.45) is -3.64. The Hall–Kier alpha value is -2.45. The normalized spacial score (nSPS) is 25.7. The molecule has 1 saturated carbocycles. The van der Waals surface area contributed by atoms with Crippen molar-refractivity contribution in [3.63, 3.8) is 0 Å². The number of imide groups is 1. The molecule has 1 saturated heterocycles. The maximum absolute atomic E-state index is 12.4. The van der Waals surface area contributed by atoms with Crippen LogP contribution in [0.3, 0.4) is 0 Å². The highest BCUT2D eigenvalue weighted by Gasteiger charge is 2.46. The molecule has 1 aliphatic carbocycles. The number of hydrogen-bond acceptors (Lipinski definition) is 4. The van der Waals surface area contributed by atoms with E-state index >= 15 is 0 Å². The van der Waals surface area contributed by atoms with Crippen LogP contribution in [0, 0.1) is 6.92 Å². The van der Waals surface area contributed by atoms with Crippen LogP contribution < -0.4 is 14.8 Å². The molecule has 0 spiro atoms. The number of carbonyl (C=O) groups excluding carboxylic acids is 2. The van der Waals surface area contributed by atoms with E-state index in [9.17, 15) is 22.8 Å². The van der Waals surface area contributed by atoms with Gasteiger partial charge in [0.15, 0.2) is 0 Å². The minimum atomic E-state index is -4.77. The van der Waals surface area contributed by atoms with Gasteiger partial charge in [0.05, 0.1) is 0 Å². The van der Waals surface area contributed by atoms with E-state index in [1.807, 2.05) is 6.92 Å². The third-order valence-corrected chi connectivity index (χ3v) is 4.58. The summed E-state index contributed by atoms with van der Waals surface area (Å²) in [7, 11) is 0. The summed E-state index contributed by atoms with van der Waals surface area (Å²) in [5, 5.41) is 2.63. The number of carbonyl (C=O) groups is 2. The molecule has 1 aromatic rings. The first kappa shape index (κ1) is 18.3. The number of alkyl halides is 3. The van der Waals surface area contributed by atoms with E-state index < -0.39 is 18.4 Å². The fourth-order valence-corrected chi connectivity index (χ4v) is 3.10. The lowest BCUT2D eigenvalue weighted by Crippen LogP contribution is -2.52. The smallest absolute Gasteiger partial charge is 0.490 e. The first-order chi connectivity index (χ1) is 12.2. The van der Waals surface area contributed by atoms with E-state index in [1.165, 1.54) is 24.0 Å². The highest BCUT2D eigenvalue weighted by molar-refractivity contribution is 6.04. The topological polar surface area (TPSA) is 67.9 Å². The second kappa shape index (κ2) is 6.69. The second-order valence-electron chi connectivity index (χ2n) is 6.46. The van der Waals surface area contributed by atoms with Gasteiger partial charge in [0.1, 0.15) is 23.6 Å². The van der Waals surface area contributed by atoms with Crippen molar-refractivity contribution in [3.8, 4) is 11.5 Å². The van der Waals surface area contributed by atoms with Crippen LogP contribution in [0.1, 0.15) is 31.7 Å². The minimum Gasteiger partial charge on any atom is -0.490 e. The van der Waals surface area contributed by atoms with Gasteiger partial charge in [-0.05, 0) is 25.0 Å². The Labute approximate surface area is 148 Å². The quantitative estimate of drug-likeness (QED) is 0.807. The Morgan fingerprint density at radius 1 is 1.27 bits per heavy atom. The van der Waals surface area contributed by atoms with Gasteiger partial charge >= 0.3 is 12.4 Å². The highest BCUT2D eigenvalue weighted by Crippen LogP contribution is 2.35. The molecule has 0 bridgehead atoms. The summed E-state index contributed by atoms with van der Waals surface area (Å²) >= 11 is 0. The Balaban J connectivity index is 1.59. The van der Waals surface area contributed by atoms with Crippen LogP contribution in [0.4, 0.5) is 18.0 Å². The summed E-state index contributed by atoms with van der Waals surface area (Å²) in [6.45, 7) is 3.32. The third kappa shape index (κ3) is 3.71. The third-order valence-electron chi connectivity index (χ3n) is 4.58. The summed E-state index contributed by atoms with van der Waals surface area (Å²) < 4.78 is 46.9. The van der Waals surface area contributed by atoms with Gasteiger partial charge in [-0.3, -0.25) is 9.69 Å². The average molecular weight is 372 g/mol. The van der Waals surface area contributed by atoms with Crippen LogP contribution in [0.25, 0.3) is 0 Å². The SMILES string of the molecule is CC[C@@H]1NC(=O)N([C@H]2C[C@H](Oc3ccc(C)c(OC(F)(F)F)c3)C2)C1=O. The lowest BCUT2D eigenvalue weighted by Gasteiger charge is -2.39. The van der Waals surface area contributed by atoms with Gasteiger partial charge in [-0.2, -0.15) is 0 Å². The molecule has 142 valence electrons. The number of aryl methyl sites for hydroxylation is 1. The van der Waals surface area contributed by atoms with Crippen LogP contribution in [-0.2, 0) is 4.79 Å². The van der Waals surface area contributed by atoms with E-state index in [-0.39, 0.29) is 29.6 Å². The Kier molecular flexibility index (Phi) is 4.72. The van der Waals surface area contributed by atoms with Crippen molar-refractivity contribution >= 4 is 11.9 Å². The fraction of sp³-hybridized carbons (Fsp3) is 0.529. The molecule has 2 aliphatic rings. The molecule has 1 N–H and O–H groups in total. The molecule has 0 aromatic heterocycles. The molecule has 1 aromatic carbocycles. The number of rotatable bonds is 5. The van der Waals surface area contributed by atoms with Crippen molar-refractivity contribution in [2.24, 2.45) is 0 Å². The van der Waals surface area contributed by atoms with Crippen molar-refractivity contribution in [2.75, 3.05) is 0 Å². The summed E-state index contributed by atoms with van der Waals surface area (Å²) in [5.41, 5.74) is 0.339. The predicted octanol–water partition coefficient (Wildman–Crippen LogP) is 3.13. The number of nitrogens with one attached hydrogen (secondary N) is 1. The zero-order chi connectivity index (χ0) is 19.1. The van der Waals surface area contributed by atoms with E-state index in [1.54, 1.807) is 6.07 Å². The van der Waals surface area contributed by atoms with Crippen LogP contribution >= 0.6 is 0 Å². The number of hydrogen-bond donors (Lipinski definition) is 1. The van der Waals surface area contributed by atoms with Gasteiger partial charge < -0.3 is 14.8 Å². The van der Waals surface area contributed by atoms with E-state index in [4.69, 9.17) is 4.74 Å². The molecule has 6 nitrogen and oxygen atoms in total. The fourth-order valence-electron chi connectivity index (χ4n) is 3.10. The lowest BCUT2D eigenvalue weighted by molar-refractivity contribution is -0.274. The van der Waals surface area contributed by atoms with E-state index in [0.29, 0.717) is 24.8 Å². The molecular formula is C17H19F3N2O4. The lowest BCUT2D eigenvalue weighted by atomic mass is 9.87. The van der Waals surface area contributed by atoms with Crippen molar-refractivity contribution in [1.82, 2.24) is 10.2 Å². The molecule has 3 amide bonds. The van der Waals surface area contributed by atoms with Gasteiger partial charge in [0, 0.05) is 24.9 Å². The van der Waals surface area contributed by atoms with E-state index in [0.717, 1.165) is 0 Å². The number of amides is 3. The van der Waals surface area contributed by atoms with E-state index in [2.05, 4.69) is 10.1 Å². The maximum Gasteiger partial charge on any atom is 0.573 e. The largest absolute Gasteiger partial charge is 0.573 e. The maximum atomic E-state index is 12.4. The van der Waals surface area contributed by atoms with Crippen LogP contribution in [0.5, 0.6) is 11.5 Å². The minimum absolute atomic E-state index is 0.239. The van der Waals surface area contributed by atoms with Crippen molar-refractivity contribution < 1.29 is 32.2 Å². The Bertz CT molecular complexity index is 716. The first-order valence-corrected chi connectivity index (χ1v) is 8.34. The van der Waals surface area contributed by atoms with Gasteiger partial charge in [0.25, 0.3) is 5.91 Å². The second-order valence-corrected chi connectivity index (χ2v) is 6.46. The standard InChI is InChI=1S/C17H19F3N2O4/c1-3-13-15(23)22(16(24)21-13)10-6-12(7-10)25-11-5-4-9(2)14(8-11)26-17(18,19)20/h4-5,8,10,12-13H,3,6-7H2,1-2H3,(H,21,24)/t10-,12-,13-/m0/s1. The van der Waals surface area contributed by atoms with Crippen molar-refractivity contribution in [1.29, 1.82) is 0 Å². The number of nitrogens with zero attached hydrogens (tertiary/aromatic N) is 1. The van der Waals surface area contributed by atoms with Crippen LogP contribution in [-0.4, -0.2) is 41.4 Å². The van der Waals surface area contributed by atoms with Crippen molar-refractivity contribution in [2.45, 2.75) is 57.7 Å². The molecular weight excluding hydrogens is 353 g/mol. The summed E-state index contributed by atoms with van der Waals surface area (Å²) in [4.78, 5) is 25.3.